The Morgan fingerprint density at radius 1 is 1.80 bits per heavy atom. The minimum Gasteiger partial charge on any atom is -0.261 e. The first-order chi connectivity index (χ1) is 2.39. The fourth-order valence-corrected chi connectivity index (χ4v) is 0.224. The van der Waals surface area contributed by atoms with Crippen molar-refractivity contribution in [2.75, 3.05) is 0 Å². The molecule has 5 heavy (non-hydrogen) atoms. The topological polar surface area (TPSA) is 12.4 Å². The van der Waals surface area contributed by atoms with Crippen LogP contribution >= 0.6 is 0 Å². The summed E-state index contributed by atoms with van der Waals surface area (Å²) in [5.74, 6) is 0. The van der Waals surface area contributed by atoms with Gasteiger partial charge in [0.25, 0.3) is 0 Å². The lowest BCUT2D eigenvalue weighted by Gasteiger charge is -1.92. The molecule has 1 heteroatoms. The molecule has 0 fully saturated rings. The summed E-state index contributed by atoms with van der Waals surface area (Å²) in [5.41, 5.74) is 1.13. The number of hydrogen-bond donors (Lipinski definition) is 0. The molecule has 0 aromatic carbocycles. The lowest BCUT2D eigenvalue weighted by atomic mass is 10.4. The predicted molar refractivity (Wildman–Crippen MR) is 22.2 cm³/mol. The zero-order valence-corrected chi connectivity index (χ0v) is 3.10. The van der Waals surface area contributed by atoms with Gasteiger partial charge in [0, 0.05) is 11.9 Å². The van der Waals surface area contributed by atoms with Crippen LogP contribution in [-0.2, 0) is 0 Å². The van der Waals surface area contributed by atoms with E-state index in [9.17, 15) is 0 Å². The lowest BCUT2D eigenvalue weighted by Crippen LogP contribution is -1.80. The summed E-state index contributed by atoms with van der Waals surface area (Å²) in [6.07, 6.45) is 3.76. The Bertz CT molecular complexity index is 89.8. The molecular weight excluding hydrogens is 62.1 g/mol. The highest BCUT2D eigenvalue weighted by Crippen LogP contribution is 1.97. The van der Waals surface area contributed by atoms with Gasteiger partial charge in [-0.3, -0.25) is 4.99 Å². The average molecular weight is 67.1 g/mol. The minimum absolute atomic E-state index is 1.13. The average Bonchev–Trinajstić information content (AvgIpc) is 1.30. The first-order valence-electron chi connectivity index (χ1n) is 1.60. The molecule has 0 spiro atoms. The second-order valence-corrected chi connectivity index (χ2v) is 1.09. The van der Waals surface area contributed by atoms with Gasteiger partial charge in [0.1, 0.15) is 0 Å². The van der Waals surface area contributed by atoms with Gasteiger partial charge in [-0.05, 0) is 13.0 Å². The van der Waals surface area contributed by atoms with Crippen LogP contribution in [-0.4, -0.2) is 6.21 Å². The van der Waals surface area contributed by atoms with E-state index in [-0.39, 0.29) is 0 Å². The molecule has 0 bridgehead atoms. The Kier molecular flexibility index (Phi) is 0.357. The summed E-state index contributed by atoms with van der Waals surface area (Å²) < 4.78 is 0. The fourth-order valence-electron chi connectivity index (χ4n) is 0.224. The van der Waals surface area contributed by atoms with E-state index < -0.39 is 0 Å². The van der Waals surface area contributed by atoms with E-state index in [0.717, 1.165) is 5.70 Å². The Morgan fingerprint density at radius 3 is 2.20 bits per heavy atom. The van der Waals surface area contributed by atoms with Crippen molar-refractivity contribution < 1.29 is 0 Å². The van der Waals surface area contributed by atoms with Crippen LogP contribution in [0, 0.1) is 0 Å². The van der Waals surface area contributed by atoms with Crippen molar-refractivity contribution in [1.82, 2.24) is 0 Å². The van der Waals surface area contributed by atoms with Crippen LogP contribution in [0.15, 0.2) is 16.8 Å². The highest BCUT2D eigenvalue weighted by atomic mass is 14.8. The highest BCUT2D eigenvalue weighted by molar-refractivity contribution is 5.79. The van der Waals surface area contributed by atoms with Crippen LogP contribution in [0.25, 0.3) is 0 Å². The number of aliphatic imine (C=N–C) groups is 1. The van der Waals surface area contributed by atoms with E-state index in [1.54, 1.807) is 6.21 Å². The van der Waals surface area contributed by atoms with Crippen molar-refractivity contribution in [3.05, 3.63) is 11.8 Å². The van der Waals surface area contributed by atoms with Crippen molar-refractivity contribution in [2.45, 2.75) is 6.92 Å². The van der Waals surface area contributed by atoms with E-state index >= 15 is 0 Å². The molecule has 26 valence electrons. The summed E-state index contributed by atoms with van der Waals surface area (Å²) in [5, 5.41) is 0. The molecule has 0 amide bonds. The third kappa shape index (κ3) is 0.232. The van der Waals surface area contributed by atoms with Crippen molar-refractivity contribution in [3.63, 3.8) is 0 Å². The number of nitrogens with zero attached hydrogens (tertiary/aromatic N) is 1. The van der Waals surface area contributed by atoms with Crippen molar-refractivity contribution in [1.29, 1.82) is 0 Å². The van der Waals surface area contributed by atoms with Crippen LogP contribution < -0.4 is 0 Å². The van der Waals surface area contributed by atoms with Gasteiger partial charge in [0.2, 0.25) is 0 Å². The molecule has 0 atom stereocenters. The van der Waals surface area contributed by atoms with Crippen molar-refractivity contribution >= 4 is 6.21 Å². The van der Waals surface area contributed by atoms with Gasteiger partial charge >= 0.3 is 0 Å². The summed E-state index contributed by atoms with van der Waals surface area (Å²) >= 11 is 0. The second kappa shape index (κ2) is 0.677. The van der Waals surface area contributed by atoms with E-state index in [1.807, 2.05) is 13.0 Å². The molecule has 0 saturated heterocycles. The van der Waals surface area contributed by atoms with Gasteiger partial charge in [0.05, 0.1) is 0 Å². The Hall–Kier alpha value is -0.590. The standard InChI is InChI=1S/C4H5N/c1-4-2-3-5-4/h2-3H,1H3. The molecule has 0 aromatic heterocycles. The molecule has 1 heterocycles. The van der Waals surface area contributed by atoms with E-state index in [4.69, 9.17) is 0 Å². The van der Waals surface area contributed by atoms with Crippen molar-refractivity contribution in [2.24, 2.45) is 4.99 Å². The monoisotopic (exact) mass is 67.0 g/mol. The first-order valence-corrected chi connectivity index (χ1v) is 1.60. The number of allylic oxidation sites excluding steroid dienone is 2. The van der Waals surface area contributed by atoms with Crippen LogP contribution in [0.5, 0.6) is 0 Å². The van der Waals surface area contributed by atoms with Crippen LogP contribution in [0.4, 0.5) is 0 Å². The smallest absolute Gasteiger partial charge is 0.0387 e. The third-order valence-electron chi connectivity index (χ3n) is 0.594. The zero-order chi connectivity index (χ0) is 3.70. The second-order valence-electron chi connectivity index (χ2n) is 1.09. The fraction of sp³-hybridized carbons (Fsp3) is 0.250. The maximum absolute atomic E-state index is 3.81. The molecule has 0 aliphatic carbocycles. The Labute approximate surface area is 31.0 Å². The number of hydrogen-bond acceptors (Lipinski definition) is 1. The van der Waals surface area contributed by atoms with E-state index in [1.165, 1.54) is 0 Å². The molecule has 1 aliphatic heterocycles. The van der Waals surface area contributed by atoms with Crippen LogP contribution in [0.1, 0.15) is 6.92 Å². The summed E-state index contributed by atoms with van der Waals surface area (Å²) in [4.78, 5) is 3.81. The van der Waals surface area contributed by atoms with Gasteiger partial charge < -0.3 is 0 Å². The highest BCUT2D eigenvalue weighted by Gasteiger charge is 1.83. The van der Waals surface area contributed by atoms with Crippen molar-refractivity contribution in [3.8, 4) is 0 Å². The normalized spacial score (nSPS) is 17.4. The number of rotatable bonds is 0. The minimum atomic E-state index is 1.13. The molecule has 0 N–H and O–H groups in total. The van der Waals surface area contributed by atoms with E-state index in [2.05, 4.69) is 4.99 Å². The predicted octanol–water partition coefficient (Wildman–Crippen LogP) is 0.975. The van der Waals surface area contributed by atoms with Gasteiger partial charge in [-0.2, -0.15) is 0 Å². The maximum atomic E-state index is 3.81. The SMILES string of the molecule is CC1=CC=N1. The van der Waals surface area contributed by atoms with Gasteiger partial charge in [-0.1, -0.05) is 0 Å². The molecular formula is C4H5N. The molecule has 0 aromatic rings. The third-order valence-corrected chi connectivity index (χ3v) is 0.594. The summed E-state index contributed by atoms with van der Waals surface area (Å²) in [6, 6.07) is 0. The van der Waals surface area contributed by atoms with Gasteiger partial charge in [-0.25, -0.2) is 0 Å². The summed E-state index contributed by atoms with van der Waals surface area (Å²) in [6.45, 7) is 1.97. The molecule has 1 rings (SSSR count). The van der Waals surface area contributed by atoms with Crippen LogP contribution in [0.2, 0.25) is 0 Å². The Morgan fingerprint density at radius 2 is 2.20 bits per heavy atom. The van der Waals surface area contributed by atoms with Gasteiger partial charge in [0.15, 0.2) is 0 Å². The molecule has 0 unspecified atom stereocenters. The molecule has 0 radical (unpaired) electrons. The zero-order valence-electron chi connectivity index (χ0n) is 3.10. The molecule has 1 aliphatic rings. The Balaban J connectivity index is 2.60. The first kappa shape index (κ1) is 2.64. The van der Waals surface area contributed by atoms with Gasteiger partial charge in [-0.15, -0.1) is 0 Å². The summed E-state index contributed by atoms with van der Waals surface area (Å²) in [7, 11) is 0. The van der Waals surface area contributed by atoms with Crippen LogP contribution in [0.3, 0.4) is 0 Å². The van der Waals surface area contributed by atoms with E-state index in [0.29, 0.717) is 0 Å². The molecule has 1 nitrogen and oxygen atoms in total. The molecule has 0 saturated carbocycles. The maximum Gasteiger partial charge on any atom is 0.0387 e. The quantitative estimate of drug-likeness (QED) is 0.400. The lowest BCUT2D eigenvalue weighted by molar-refractivity contribution is 1.29. The largest absolute Gasteiger partial charge is 0.261 e.